The van der Waals surface area contributed by atoms with Crippen molar-refractivity contribution in [2.45, 2.75) is 52.8 Å². The van der Waals surface area contributed by atoms with Gasteiger partial charge in [0.15, 0.2) is 0 Å². The lowest BCUT2D eigenvalue weighted by Gasteiger charge is -2.32. The van der Waals surface area contributed by atoms with Crippen molar-refractivity contribution >= 4 is 5.69 Å². The van der Waals surface area contributed by atoms with Crippen molar-refractivity contribution in [2.75, 3.05) is 5.73 Å². The maximum Gasteiger partial charge on any atom is 0.119 e. The summed E-state index contributed by atoms with van der Waals surface area (Å²) in [7, 11) is 0. The van der Waals surface area contributed by atoms with Crippen LogP contribution >= 0.6 is 0 Å². The van der Waals surface area contributed by atoms with Crippen LogP contribution in [0.1, 0.15) is 45.2 Å². The molecular weight excluding hydrogens is 215 g/mol. The Morgan fingerprint density at radius 1 is 1.35 bits per heavy atom. The van der Waals surface area contributed by atoms with Crippen LogP contribution in [0.2, 0.25) is 0 Å². The molecule has 98 valence electrons. The molecular formula is C14H25FN2. The predicted octanol–water partition coefficient (Wildman–Crippen LogP) is 3.53. The Balaban J connectivity index is 0.00000121. The van der Waals surface area contributed by atoms with E-state index in [0.717, 1.165) is 11.1 Å². The molecule has 0 radical (unpaired) electrons. The Kier molecular flexibility index (Phi) is 6.18. The summed E-state index contributed by atoms with van der Waals surface area (Å²) in [6.45, 7) is 9.30. The minimum absolute atomic E-state index is 0.551. The highest BCUT2D eigenvalue weighted by Gasteiger charge is 2.33. The van der Waals surface area contributed by atoms with Crippen LogP contribution < -0.4 is 11.5 Å². The second-order valence-corrected chi connectivity index (χ2v) is 4.08. The van der Waals surface area contributed by atoms with Gasteiger partial charge in [-0.05, 0) is 43.5 Å². The van der Waals surface area contributed by atoms with E-state index in [2.05, 4.69) is 0 Å². The largest absolute Gasteiger partial charge is 0.399 e. The third-order valence-electron chi connectivity index (χ3n) is 3.06. The standard InChI is InChI=1S/C12H19FN2.C2H6/c1-4-12(15,9(3)13)11-7-10(14)6-5-8(11)2;1-2/h5-7,9H,4,14-15H2,1-3H3;1-2H3/t9?,12-;/m1./s1. The quantitative estimate of drug-likeness (QED) is 0.794. The molecule has 0 heterocycles. The molecule has 0 saturated heterocycles. The zero-order valence-electron chi connectivity index (χ0n) is 11.5. The van der Waals surface area contributed by atoms with Crippen molar-refractivity contribution in [3.63, 3.8) is 0 Å². The van der Waals surface area contributed by atoms with Crippen molar-refractivity contribution in [1.29, 1.82) is 0 Å². The smallest absolute Gasteiger partial charge is 0.119 e. The van der Waals surface area contributed by atoms with E-state index in [1.165, 1.54) is 6.92 Å². The number of alkyl halides is 1. The molecule has 0 aliphatic heterocycles. The molecule has 1 aromatic carbocycles. The molecule has 3 heteroatoms. The van der Waals surface area contributed by atoms with Crippen LogP contribution in [-0.4, -0.2) is 6.17 Å². The summed E-state index contributed by atoms with van der Waals surface area (Å²) < 4.78 is 13.6. The highest BCUT2D eigenvalue weighted by molar-refractivity contribution is 5.47. The van der Waals surface area contributed by atoms with Gasteiger partial charge in [-0.15, -0.1) is 0 Å². The molecule has 0 spiro atoms. The second-order valence-electron chi connectivity index (χ2n) is 4.08. The molecule has 0 fully saturated rings. The van der Waals surface area contributed by atoms with Crippen molar-refractivity contribution in [2.24, 2.45) is 5.73 Å². The lowest BCUT2D eigenvalue weighted by Crippen LogP contribution is -2.44. The number of aryl methyl sites for hydroxylation is 1. The van der Waals surface area contributed by atoms with Gasteiger partial charge in [-0.25, -0.2) is 4.39 Å². The molecule has 1 aromatic rings. The average Bonchev–Trinajstić information content (AvgIpc) is 2.33. The summed E-state index contributed by atoms with van der Waals surface area (Å²) >= 11 is 0. The Hall–Kier alpha value is -1.09. The third kappa shape index (κ3) is 3.43. The normalized spacial score (nSPS) is 15.5. The molecule has 4 N–H and O–H groups in total. The van der Waals surface area contributed by atoms with Crippen LogP contribution in [0.4, 0.5) is 10.1 Å². The lowest BCUT2D eigenvalue weighted by atomic mass is 9.82. The topological polar surface area (TPSA) is 52.0 Å². The summed E-state index contributed by atoms with van der Waals surface area (Å²) in [6, 6.07) is 5.46. The molecule has 0 saturated carbocycles. The summed E-state index contributed by atoms with van der Waals surface area (Å²) in [5.74, 6) is 0. The van der Waals surface area contributed by atoms with Crippen molar-refractivity contribution in [3.05, 3.63) is 29.3 Å². The number of benzene rings is 1. The molecule has 0 aliphatic carbocycles. The highest BCUT2D eigenvalue weighted by atomic mass is 19.1. The van der Waals surface area contributed by atoms with E-state index >= 15 is 0 Å². The summed E-state index contributed by atoms with van der Waals surface area (Å²) in [5, 5.41) is 0. The van der Waals surface area contributed by atoms with Crippen LogP contribution in [0, 0.1) is 6.92 Å². The van der Waals surface area contributed by atoms with E-state index in [9.17, 15) is 4.39 Å². The molecule has 1 rings (SSSR count). The minimum atomic E-state index is -1.09. The highest BCUT2D eigenvalue weighted by Crippen LogP contribution is 2.31. The van der Waals surface area contributed by atoms with E-state index in [1.54, 1.807) is 12.1 Å². The molecule has 0 bridgehead atoms. The number of hydrogen-bond acceptors (Lipinski definition) is 2. The molecule has 2 nitrogen and oxygen atoms in total. The number of nitrogen functional groups attached to an aromatic ring is 1. The van der Waals surface area contributed by atoms with Crippen LogP contribution in [0.25, 0.3) is 0 Å². The van der Waals surface area contributed by atoms with Gasteiger partial charge < -0.3 is 11.5 Å². The van der Waals surface area contributed by atoms with Crippen LogP contribution in [0.3, 0.4) is 0 Å². The van der Waals surface area contributed by atoms with Crippen LogP contribution in [0.5, 0.6) is 0 Å². The van der Waals surface area contributed by atoms with Gasteiger partial charge in [0.05, 0.1) is 5.54 Å². The molecule has 0 aromatic heterocycles. The van der Waals surface area contributed by atoms with E-state index in [1.807, 2.05) is 33.8 Å². The third-order valence-corrected chi connectivity index (χ3v) is 3.06. The Labute approximate surface area is 104 Å². The van der Waals surface area contributed by atoms with Gasteiger partial charge in [0.25, 0.3) is 0 Å². The number of nitrogens with two attached hydrogens (primary N) is 2. The fourth-order valence-corrected chi connectivity index (χ4v) is 1.83. The van der Waals surface area contributed by atoms with E-state index in [-0.39, 0.29) is 0 Å². The van der Waals surface area contributed by atoms with E-state index in [0.29, 0.717) is 12.1 Å². The first-order valence-corrected chi connectivity index (χ1v) is 6.21. The maximum absolute atomic E-state index is 13.6. The molecule has 2 atom stereocenters. The van der Waals surface area contributed by atoms with Gasteiger partial charge in [0.1, 0.15) is 6.17 Å². The summed E-state index contributed by atoms with van der Waals surface area (Å²) in [4.78, 5) is 0. The first-order chi connectivity index (χ1) is 7.91. The van der Waals surface area contributed by atoms with Crippen LogP contribution in [-0.2, 0) is 5.54 Å². The average molecular weight is 240 g/mol. The van der Waals surface area contributed by atoms with Gasteiger partial charge >= 0.3 is 0 Å². The van der Waals surface area contributed by atoms with E-state index in [4.69, 9.17) is 11.5 Å². The Bertz CT molecular complexity index is 350. The Morgan fingerprint density at radius 3 is 2.29 bits per heavy atom. The minimum Gasteiger partial charge on any atom is -0.399 e. The summed E-state index contributed by atoms with van der Waals surface area (Å²) in [6.07, 6.45) is -0.544. The van der Waals surface area contributed by atoms with Crippen LogP contribution in [0.15, 0.2) is 18.2 Å². The molecule has 0 amide bonds. The van der Waals surface area contributed by atoms with Crippen molar-refractivity contribution in [1.82, 2.24) is 0 Å². The van der Waals surface area contributed by atoms with Gasteiger partial charge in [-0.1, -0.05) is 26.8 Å². The first kappa shape index (κ1) is 15.9. The van der Waals surface area contributed by atoms with Gasteiger partial charge in [0, 0.05) is 5.69 Å². The number of anilines is 1. The summed E-state index contributed by atoms with van der Waals surface area (Å²) in [5.41, 5.74) is 13.3. The zero-order valence-corrected chi connectivity index (χ0v) is 11.5. The maximum atomic E-state index is 13.6. The van der Waals surface area contributed by atoms with Gasteiger partial charge in [0.2, 0.25) is 0 Å². The zero-order chi connectivity index (χ0) is 13.6. The fraction of sp³-hybridized carbons (Fsp3) is 0.571. The van der Waals surface area contributed by atoms with Gasteiger partial charge in [-0.3, -0.25) is 0 Å². The van der Waals surface area contributed by atoms with Gasteiger partial charge in [-0.2, -0.15) is 0 Å². The first-order valence-electron chi connectivity index (χ1n) is 6.21. The van der Waals surface area contributed by atoms with E-state index < -0.39 is 11.7 Å². The fourth-order valence-electron chi connectivity index (χ4n) is 1.83. The van der Waals surface area contributed by atoms with Crippen molar-refractivity contribution < 1.29 is 4.39 Å². The predicted molar refractivity (Wildman–Crippen MR) is 73.7 cm³/mol. The second kappa shape index (κ2) is 6.60. The molecule has 0 aliphatic rings. The van der Waals surface area contributed by atoms with Crippen molar-refractivity contribution in [3.8, 4) is 0 Å². The number of hydrogen-bond donors (Lipinski definition) is 2. The lowest BCUT2D eigenvalue weighted by molar-refractivity contribution is 0.201. The molecule has 17 heavy (non-hydrogen) atoms. The monoisotopic (exact) mass is 240 g/mol. The number of rotatable bonds is 3. The number of halogens is 1. The molecule has 1 unspecified atom stereocenters. The Morgan fingerprint density at radius 2 is 1.88 bits per heavy atom. The SMILES string of the molecule is CC.CC[C@](N)(c1cc(N)ccc1C)C(C)F.